The minimum atomic E-state index is -0.756. The van der Waals surface area contributed by atoms with Crippen molar-refractivity contribution in [3.8, 4) is 18.4 Å². The van der Waals surface area contributed by atoms with E-state index in [4.69, 9.17) is 11.2 Å². The molecule has 3 aliphatic rings. The summed E-state index contributed by atoms with van der Waals surface area (Å²) >= 11 is 0. The highest BCUT2D eigenvalue weighted by molar-refractivity contribution is 6.25. The van der Waals surface area contributed by atoms with Crippen LogP contribution < -0.4 is 4.90 Å². The van der Waals surface area contributed by atoms with Crippen LogP contribution in [0.1, 0.15) is 18.4 Å². The average Bonchev–Trinajstić information content (AvgIpc) is 3.45. The number of amides is 4. The van der Waals surface area contributed by atoms with Crippen molar-refractivity contribution < 1.29 is 19.1 Å². The van der Waals surface area contributed by atoms with Crippen LogP contribution in [-0.2, 0) is 9.53 Å². The van der Waals surface area contributed by atoms with Crippen LogP contribution in [0.5, 0.6) is 0 Å². The topological polar surface area (TPSA) is 107 Å². The number of imide groups is 1. The molecule has 2 bridgehead atoms. The summed E-state index contributed by atoms with van der Waals surface area (Å²) in [5.41, 5.74) is 1.17. The van der Waals surface area contributed by atoms with E-state index < -0.39 is 30.1 Å². The molecule has 3 saturated heterocycles. The first-order valence-corrected chi connectivity index (χ1v) is 9.87. The standard InChI is InChI=1S/C22H17N5O4/c1-2-3-9-31-22(30)25-12-14-10-17(25)19-20(28)27(21(29)26(14)19)16-7-6-13(11-23)18-15(16)5-4-8-24-18/h1,4-8,14,17,19H,3,9-10,12H2/t14?,17?,19-/m1/s1. The van der Waals surface area contributed by atoms with Gasteiger partial charge in [0.1, 0.15) is 18.7 Å². The molecule has 3 aliphatic heterocycles. The molecule has 4 heterocycles. The number of ether oxygens (including phenoxy) is 1. The number of hydrogen-bond acceptors (Lipinski definition) is 6. The molecule has 1 aromatic heterocycles. The summed E-state index contributed by atoms with van der Waals surface area (Å²) < 4.78 is 5.20. The second kappa shape index (κ2) is 6.99. The lowest BCUT2D eigenvalue weighted by Crippen LogP contribution is -2.55. The highest BCUT2D eigenvalue weighted by atomic mass is 16.6. The number of nitrogens with zero attached hydrogens (tertiary/aromatic N) is 5. The van der Waals surface area contributed by atoms with Gasteiger partial charge in [-0.3, -0.25) is 9.78 Å². The quantitative estimate of drug-likeness (QED) is 0.430. The number of nitriles is 1. The zero-order valence-electron chi connectivity index (χ0n) is 16.4. The fourth-order valence-electron chi connectivity index (χ4n) is 4.81. The van der Waals surface area contributed by atoms with Crippen LogP contribution in [0, 0.1) is 23.7 Å². The van der Waals surface area contributed by atoms with Gasteiger partial charge in [-0.25, -0.2) is 14.5 Å². The number of urea groups is 1. The first kappa shape index (κ1) is 18.9. The van der Waals surface area contributed by atoms with Crippen LogP contribution in [0.25, 0.3) is 10.9 Å². The summed E-state index contributed by atoms with van der Waals surface area (Å²) in [5, 5.41) is 9.90. The molecule has 0 spiro atoms. The molecule has 0 N–H and O–H groups in total. The summed E-state index contributed by atoms with van der Waals surface area (Å²) in [7, 11) is 0. The van der Waals surface area contributed by atoms with Crippen molar-refractivity contribution in [2.45, 2.75) is 31.0 Å². The highest BCUT2D eigenvalue weighted by Crippen LogP contribution is 2.43. The zero-order valence-corrected chi connectivity index (χ0v) is 16.4. The SMILES string of the molecule is C#CCCOC(=O)N1CC2CC1[C@@H]1C(=O)N(c3ccc(C#N)c4ncccc34)C(=O)N21. The number of piperazine rings is 1. The Morgan fingerprint density at radius 1 is 1.32 bits per heavy atom. The van der Waals surface area contributed by atoms with E-state index in [1.165, 1.54) is 4.90 Å². The summed E-state index contributed by atoms with van der Waals surface area (Å²) in [5.74, 6) is 2.01. The fourth-order valence-corrected chi connectivity index (χ4v) is 4.81. The molecule has 4 amide bonds. The van der Waals surface area contributed by atoms with Crippen LogP contribution in [0.4, 0.5) is 15.3 Å². The lowest BCUT2D eigenvalue weighted by Gasteiger charge is -2.34. The molecule has 3 atom stereocenters. The second-order valence-corrected chi connectivity index (χ2v) is 7.63. The van der Waals surface area contributed by atoms with E-state index in [9.17, 15) is 19.6 Å². The first-order valence-electron chi connectivity index (χ1n) is 9.87. The number of likely N-dealkylation sites (tertiary alicyclic amines) is 1. The van der Waals surface area contributed by atoms with E-state index in [0.717, 1.165) is 4.90 Å². The van der Waals surface area contributed by atoms with Gasteiger partial charge in [-0.05, 0) is 30.7 Å². The van der Waals surface area contributed by atoms with Crippen molar-refractivity contribution >= 4 is 34.6 Å². The van der Waals surface area contributed by atoms with Gasteiger partial charge < -0.3 is 14.5 Å². The lowest BCUT2D eigenvalue weighted by atomic mass is 10.1. The Bertz CT molecular complexity index is 1210. The van der Waals surface area contributed by atoms with Crippen molar-refractivity contribution in [3.63, 3.8) is 0 Å². The van der Waals surface area contributed by atoms with Gasteiger partial charge in [0.25, 0.3) is 5.91 Å². The fraction of sp³-hybridized carbons (Fsp3) is 0.318. The number of fused-ring (bicyclic) bond motifs is 6. The number of carbonyl (C=O) groups excluding carboxylic acids is 3. The Labute approximate surface area is 177 Å². The van der Waals surface area contributed by atoms with Crippen molar-refractivity contribution in [2.75, 3.05) is 18.1 Å². The molecule has 154 valence electrons. The van der Waals surface area contributed by atoms with Gasteiger partial charge in [-0.1, -0.05) is 0 Å². The maximum absolute atomic E-state index is 13.4. The van der Waals surface area contributed by atoms with Gasteiger partial charge in [0.2, 0.25) is 0 Å². The monoisotopic (exact) mass is 415 g/mol. The number of carbonyl (C=O) groups is 3. The van der Waals surface area contributed by atoms with E-state index in [2.05, 4.69) is 17.0 Å². The van der Waals surface area contributed by atoms with E-state index in [-0.39, 0.29) is 12.6 Å². The van der Waals surface area contributed by atoms with Gasteiger partial charge in [0.15, 0.2) is 0 Å². The number of aromatic nitrogens is 1. The number of anilines is 1. The summed E-state index contributed by atoms with van der Waals surface area (Å²) in [6.07, 6.45) is 7.08. The van der Waals surface area contributed by atoms with Crippen molar-refractivity contribution in [1.82, 2.24) is 14.8 Å². The third kappa shape index (κ3) is 2.63. The minimum absolute atomic E-state index is 0.112. The number of terminal acetylenes is 1. The molecule has 9 heteroatoms. The molecule has 0 radical (unpaired) electrons. The van der Waals surface area contributed by atoms with E-state index in [1.54, 1.807) is 35.4 Å². The summed E-state index contributed by atoms with van der Waals surface area (Å²) in [6, 6.07) is 6.78. The third-order valence-electron chi connectivity index (χ3n) is 6.08. The molecule has 31 heavy (non-hydrogen) atoms. The van der Waals surface area contributed by atoms with Crippen LogP contribution in [-0.4, -0.2) is 64.1 Å². The molecule has 9 nitrogen and oxygen atoms in total. The predicted molar refractivity (Wildman–Crippen MR) is 109 cm³/mol. The maximum atomic E-state index is 13.4. The van der Waals surface area contributed by atoms with Crippen LogP contribution in [0.2, 0.25) is 0 Å². The molecule has 5 rings (SSSR count). The summed E-state index contributed by atoms with van der Waals surface area (Å²) in [4.78, 5) is 47.6. The molecule has 0 saturated carbocycles. The molecule has 2 aromatic rings. The van der Waals surface area contributed by atoms with Crippen molar-refractivity contribution in [1.29, 1.82) is 5.26 Å². The number of rotatable bonds is 3. The Hall–Kier alpha value is -4.11. The smallest absolute Gasteiger partial charge is 0.410 e. The average molecular weight is 415 g/mol. The normalized spacial score (nSPS) is 23.8. The van der Waals surface area contributed by atoms with Crippen molar-refractivity contribution in [2.24, 2.45) is 0 Å². The van der Waals surface area contributed by atoms with E-state index in [0.29, 0.717) is 41.5 Å². The molecule has 3 fully saturated rings. The van der Waals surface area contributed by atoms with Gasteiger partial charge in [0.05, 0.1) is 28.9 Å². The Balaban J connectivity index is 1.47. The minimum Gasteiger partial charge on any atom is -0.448 e. The number of hydrogen-bond donors (Lipinski definition) is 0. The maximum Gasteiger partial charge on any atom is 0.410 e. The predicted octanol–water partition coefficient (Wildman–Crippen LogP) is 1.86. The van der Waals surface area contributed by atoms with E-state index in [1.807, 2.05) is 0 Å². The molecule has 2 unspecified atom stereocenters. The van der Waals surface area contributed by atoms with E-state index >= 15 is 0 Å². The number of pyridine rings is 1. The van der Waals surface area contributed by atoms with Gasteiger partial charge in [-0.2, -0.15) is 5.26 Å². The van der Waals surface area contributed by atoms with Crippen molar-refractivity contribution in [3.05, 3.63) is 36.0 Å². The van der Waals surface area contributed by atoms with Crippen LogP contribution >= 0.6 is 0 Å². The van der Waals surface area contributed by atoms with Gasteiger partial charge in [-0.15, -0.1) is 12.3 Å². The Morgan fingerprint density at radius 3 is 2.94 bits per heavy atom. The molecule has 0 aliphatic carbocycles. The van der Waals surface area contributed by atoms with Gasteiger partial charge >= 0.3 is 12.1 Å². The van der Waals surface area contributed by atoms with Gasteiger partial charge in [0, 0.05) is 24.5 Å². The zero-order chi connectivity index (χ0) is 21.7. The highest BCUT2D eigenvalue weighted by Gasteiger charge is 2.63. The van der Waals surface area contributed by atoms with Crippen LogP contribution in [0.15, 0.2) is 30.5 Å². The van der Waals surface area contributed by atoms with Crippen LogP contribution in [0.3, 0.4) is 0 Å². The second-order valence-electron chi connectivity index (χ2n) is 7.63. The largest absolute Gasteiger partial charge is 0.448 e. The first-order chi connectivity index (χ1) is 15.1. The molecular weight excluding hydrogens is 398 g/mol. The Morgan fingerprint density at radius 2 is 2.16 bits per heavy atom. The lowest BCUT2D eigenvalue weighted by molar-refractivity contribution is -0.121. The Kier molecular flexibility index (Phi) is 4.26. The molecular formula is C22H17N5O4. The summed E-state index contributed by atoms with van der Waals surface area (Å²) in [6.45, 7) is 0.430. The number of benzene rings is 1. The third-order valence-corrected chi connectivity index (χ3v) is 6.08. The molecule has 1 aromatic carbocycles.